The van der Waals surface area contributed by atoms with Crippen LogP contribution in [0.1, 0.15) is 57.6 Å². The van der Waals surface area contributed by atoms with Crippen molar-refractivity contribution in [1.29, 1.82) is 0 Å². The van der Waals surface area contributed by atoms with Gasteiger partial charge in [-0.25, -0.2) is 0 Å². The van der Waals surface area contributed by atoms with Crippen molar-refractivity contribution < 1.29 is 5.11 Å². The molecule has 1 N–H and O–H groups in total. The third-order valence-corrected chi connectivity index (χ3v) is 4.43. The number of aromatic nitrogens is 2. The molecule has 1 aromatic heterocycles. The van der Waals surface area contributed by atoms with E-state index in [1.807, 2.05) is 0 Å². The van der Waals surface area contributed by atoms with Crippen LogP contribution < -0.4 is 0 Å². The van der Waals surface area contributed by atoms with E-state index in [0.717, 1.165) is 30.7 Å². The summed E-state index contributed by atoms with van der Waals surface area (Å²) < 4.78 is 0. The molecule has 1 unspecified atom stereocenters. The number of aliphatic hydroxyl groups is 1. The summed E-state index contributed by atoms with van der Waals surface area (Å²) in [4.78, 5) is 9.11. The Bertz CT molecular complexity index is 428. The molecule has 2 rings (SSSR count). The molecule has 0 amide bonds. The predicted octanol–water partition coefficient (Wildman–Crippen LogP) is 2.61. The Hall–Kier alpha value is -0.960. The summed E-state index contributed by atoms with van der Waals surface area (Å²) >= 11 is 0. The van der Waals surface area contributed by atoms with Gasteiger partial charge in [-0.15, -0.1) is 0 Å². The fourth-order valence-corrected chi connectivity index (χ4v) is 3.02. The Morgan fingerprint density at radius 2 is 2.06 bits per heavy atom. The summed E-state index contributed by atoms with van der Waals surface area (Å²) in [5, 5.41) is 9.13. The van der Waals surface area contributed by atoms with E-state index < -0.39 is 0 Å². The third-order valence-electron chi connectivity index (χ3n) is 4.43. The number of rotatable bonds is 3. The highest BCUT2D eigenvalue weighted by molar-refractivity contribution is 5.33. The van der Waals surface area contributed by atoms with E-state index in [1.54, 1.807) is 6.20 Å². The molecule has 1 aliphatic rings. The SMILES string of the molecule is CCCC1(C)c2ncc(CO)nc2CC1(C)C. The van der Waals surface area contributed by atoms with Gasteiger partial charge in [0.25, 0.3) is 0 Å². The second-order valence-electron chi connectivity index (χ2n) is 5.96. The van der Waals surface area contributed by atoms with Crippen molar-refractivity contribution >= 4 is 0 Å². The molecule has 94 valence electrons. The Morgan fingerprint density at radius 3 is 2.65 bits per heavy atom. The maximum absolute atomic E-state index is 9.13. The minimum atomic E-state index is -0.0226. The summed E-state index contributed by atoms with van der Waals surface area (Å²) in [7, 11) is 0. The summed E-state index contributed by atoms with van der Waals surface area (Å²) in [5.74, 6) is 0. The minimum Gasteiger partial charge on any atom is -0.390 e. The average Bonchev–Trinajstić information content (AvgIpc) is 2.46. The summed E-state index contributed by atoms with van der Waals surface area (Å²) in [6.45, 7) is 9.09. The first-order valence-corrected chi connectivity index (χ1v) is 6.41. The molecule has 0 aromatic carbocycles. The fraction of sp³-hybridized carbons (Fsp3) is 0.714. The molecule has 17 heavy (non-hydrogen) atoms. The number of aliphatic hydroxyl groups excluding tert-OH is 1. The minimum absolute atomic E-state index is 0.0226. The van der Waals surface area contributed by atoms with Crippen molar-refractivity contribution in [2.45, 2.75) is 59.0 Å². The predicted molar refractivity (Wildman–Crippen MR) is 67.7 cm³/mol. The van der Waals surface area contributed by atoms with Crippen molar-refractivity contribution in [3.8, 4) is 0 Å². The lowest BCUT2D eigenvalue weighted by Crippen LogP contribution is -2.36. The van der Waals surface area contributed by atoms with E-state index in [1.165, 1.54) is 0 Å². The average molecular weight is 234 g/mol. The van der Waals surface area contributed by atoms with Gasteiger partial charge in [-0.3, -0.25) is 9.97 Å². The normalized spacial score (nSPS) is 25.9. The lowest BCUT2D eigenvalue weighted by atomic mass is 9.66. The van der Waals surface area contributed by atoms with Gasteiger partial charge >= 0.3 is 0 Å². The third kappa shape index (κ3) is 1.77. The van der Waals surface area contributed by atoms with Crippen LogP contribution in [0.4, 0.5) is 0 Å². The molecule has 1 aliphatic carbocycles. The summed E-state index contributed by atoms with van der Waals surface area (Å²) in [6, 6.07) is 0. The van der Waals surface area contributed by atoms with Gasteiger partial charge in [0.05, 0.1) is 29.9 Å². The Balaban J connectivity index is 2.50. The second-order valence-corrected chi connectivity index (χ2v) is 5.96. The topological polar surface area (TPSA) is 46.0 Å². The molecule has 0 aliphatic heterocycles. The van der Waals surface area contributed by atoms with Crippen molar-refractivity contribution in [3.63, 3.8) is 0 Å². The smallest absolute Gasteiger partial charge is 0.0868 e. The molecular weight excluding hydrogens is 212 g/mol. The monoisotopic (exact) mass is 234 g/mol. The molecule has 1 atom stereocenters. The quantitative estimate of drug-likeness (QED) is 0.874. The molecule has 0 radical (unpaired) electrons. The van der Waals surface area contributed by atoms with Crippen LogP contribution in [0, 0.1) is 5.41 Å². The van der Waals surface area contributed by atoms with Gasteiger partial charge in [0, 0.05) is 5.41 Å². The first kappa shape index (κ1) is 12.5. The van der Waals surface area contributed by atoms with E-state index in [2.05, 4.69) is 37.7 Å². The molecule has 1 aromatic rings. The van der Waals surface area contributed by atoms with Gasteiger partial charge in [-0.2, -0.15) is 0 Å². The van der Waals surface area contributed by atoms with E-state index in [-0.39, 0.29) is 17.4 Å². The molecule has 0 saturated heterocycles. The van der Waals surface area contributed by atoms with Crippen molar-refractivity contribution in [1.82, 2.24) is 9.97 Å². The van der Waals surface area contributed by atoms with Gasteiger partial charge in [-0.05, 0) is 18.3 Å². The van der Waals surface area contributed by atoms with Crippen LogP contribution in [-0.2, 0) is 18.4 Å². The maximum Gasteiger partial charge on any atom is 0.0868 e. The standard InChI is InChI=1S/C14H22N2O/c1-5-6-14(4)12-11(7-13(14,2)3)16-10(9-17)8-15-12/h8,17H,5-7,9H2,1-4H3. The van der Waals surface area contributed by atoms with Gasteiger partial charge < -0.3 is 5.11 Å². The van der Waals surface area contributed by atoms with Crippen LogP contribution in [-0.4, -0.2) is 15.1 Å². The van der Waals surface area contributed by atoms with Crippen molar-refractivity contribution in [2.24, 2.45) is 5.41 Å². The van der Waals surface area contributed by atoms with E-state index in [0.29, 0.717) is 5.69 Å². The Kier molecular flexibility index (Phi) is 2.98. The highest BCUT2D eigenvalue weighted by atomic mass is 16.3. The molecule has 0 saturated carbocycles. The fourth-order valence-electron chi connectivity index (χ4n) is 3.02. The molecule has 0 spiro atoms. The van der Waals surface area contributed by atoms with Crippen LogP contribution >= 0.6 is 0 Å². The van der Waals surface area contributed by atoms with Crippen molar-refractivity contribution in [3.05, 3.63) is 23.3 Å². The van der Waals surface area contributed by atoms with Crippen LogP contribution in [0.3, 0.4) is 0 Å². The zero-order valence-electron chi connectivity index (χ0n) is 11.2. The largest absolute Gasteiger partial charge is 0.390 e. The molecule has 0 fully saturated rings. The van der Waals surface area contributed by atoms with Gasteiger partial charge in [-0.1, -0.05) is 34.1 Å². The van der Waals surface area contributed by atoms with Crippen LogP contribution in [0.15, 0.2) is 6.20 Å². The Morgan fingerprint density at radius 1 is 1.35 bits per heavy atom. The zero-order chi connectivity index (χ0) is 12.7. The highest BCUT2D eigenvalue weighted by Crippen LogP contribution is 2.52. The molecular formula is C14H22N2O. The molecule has 1 heterocycles. The first-order valence-electron chi connectivity index (χ1n) is 6.41. The van der Waals surface area contributed by atoms with Gasteiger partial charge in [0.2, 0.25) is 0 Å². The summed E-state index contributed by atoms with van der Waals surface area (Å²) in [6.07, 6.45) is 4.97. The van der Waals surface area contributed by atoms with E-state index in [4.69, 9.17) is 5.11 Å². The first-order chi connectivity index (χ1) is 7.94. The Labute approximate surface area is 103 Å². The highest BCUT2D eigenvalue weighted by Gasteiger charge is 2.50. The van der Waals surface area contributed by atoms with Crippen LogP contribution in [0.5, 0.6) is 0 Å². The molecule has 3 heteroatoms. The lowest BCUT2D eigenvalue weighted by Gasteiger charge is -2.38. The van der Waals surface area contributed by atoms with E-state index in [9.17, 15) is 0 Å². The number of hydrogen-bond acceptors (Lipinski definition) is 3. The van der Waals surface area contributed by atoms with Gasteiger partial charge in [0.1, 0.15) is 0 Å². The van der Waals surface area contributed by atoms with Gasteiger partial charge in [0.15, 0.2) is 0 Å². The summed E-state index contributed by atoms with van der Waals surface area (Å²) in [5.41, 5.74) is 3.21. The lowest BCUT2D eigenvalue weighted by molar-refractivity contribution is 0.185. The van der Waals surface area contributed by atoms with Crippen molar-refractivity contribution in [2.75, 3.05) is 0 Å². The van der Waals surface area contributed by atoms with E-state index >= 15 is 0 Å². The number of hydrogen-bond donors (Lipinski definition) is 1. The molecule has 0 bridgehead atoms. The number of nitrogens with zero attached hydrogens (tertiary/aromatic N) is 2. The van der Waals surface area contributed by atoms with Crippen LogP contribution in [0.25, 0.3) is 0 Å². The maximum atomic E-state index is 9.13. The number of fused-ring (bicyclic) bond motifs is 1. The van der Waals surface area contributed by atoms with Crippen LogP contribution in [0.2, 0.25) is 0 Å². The molecule has 3 nitrogen and oxygen atoms in total. The zero-order valence-corrected chi connectivity index (χ0v) is 11.2. The second kappa shape index (κ2) is 4.05.